The van der Waals surface area contributed by atoms with E-state index in [-0.39, 0.29) is 0 Å². The van der Waals surface area contributed by atoms with Crippen molar-refractivity contribution < 1.29 is 0 Å². The molecule has 0 aliphatic heterocycles. The van der Waals surface area contributed by atoms with Crippen molar-refractivity contribution in [2.75, 3.05) is 6.54 Å². The minimum Gasteiger partial charge on any atom is -0.328 e. The number of hydrogen-bond acceptors (Lipinski definition) is 2. The van der Waals surface area contributed by atoms with Crippen molar-refractivity contribution >= 4 is 0 Å². The smallest absolute Gasteiger partial charge is 0.00670 e. The van der Waals surface area contributed by atoms with E-state index in [1.165, 1.54) is 51.4 Å². The van der Waals surface area contributed by atoms with Gasteiger partial charge < -0.3 is 11.1 Å². The van der Waals surface area contributed by atoms with E-state index in [0.717, 1.165) is 19.0 Å². The summed E-state index contributed by atoms with van der Waals surface area (Å²) in [5.41, 5.74) is 5.99. The molecule has 0 heterocycles. The Morgan fingerprint density at radius 3 is 2.40 bits per heavy atom. The largest absolute Gasteiger partial charge is 0.328 e. The maximum Gasteiger partial charge on any atom is 0.00670 e. The fourth-order valence-corrected chi connectivity index (χ4v) is 2.47. The van der Waals surface area contributed by atoms with Gasteiger partial charge in [-0.15, -0.1) is 0 Å². The molecule has 0 spiro atoms. The van der Waals surface area contributed by atoms with E-state index in [2.05, 4.69) is 12.2 Å². The molecule has 0 aromatic rings. The summed E-state index contributed by atoms with van der Waals surface area (Å²) < 4.78 is 0. The number of nitrogens with one attached hydrogen (secondary N) is 1. The minimum absolute atomic E-state index is 0.410. The van der Waals surface area contributed by atoms with Crippen molar-refractivity contribution in [2.24, 2.45) is 5.73 Å². The van der Waals surface area contributed by atoms with Crippen molar-refractivity contribution in [2.45, 2.75) is 76.8 Å². The molecule has 1 atom stereocenters. The normalized spacial score (nSPS) is 21.2. The molecule has 0 aromatic heterocycles. The van der Waals surface area contributed by atoms with Crippen LogP contribution in [0.5, 0.6) is 0 Å². The fourth-order valence-electron chi connectivity index (χ4n) is 2.47. The predicted molar refractivity (Wildman–Crippen MR) is 67.0 cm³/mol. The maximum atomic E-state index is 5.99. The highest BCUT2D eigenvalue weighted by Crippen LogP contribution is 2.17. The Morgan fingerprint density at radius 2 is 1.80 bits per heavy atom. The molecule has 1 aliphatic carbocycles. The van der Waals surface area contributed by atoms with E-state index >= 15 is 0 Å². The molecule has 3 N–H and O–H groups in total. The van der Waals surface area contributed by atoms with Crippen molar-refractivity contribution in [3.8, 4) is 0 Å². The molecule has 1 saturated carbocycles. The van der Waals surface area contributed by atoms with E-state index in [9.17, 15) is 0 Å². The van der Waals surface area contributed by atoms with Gasteiger partial charge >= 0.3 is 0 Å². The van der Waals surface area contributed by atoms with Gasteiger partial charge in [0, 0.05) is 12.1 Å². The lowest BCUT2D eigenvalue weighted by atomic mass is 10.1. The summed E-state index contributed by atoms with van der Waals surface area (Å²) in [6, 6.07) is 1.19. The lowest BCUT2D eigenvalue weighted by Crippen LogP contribution is -2.33. The van der Waals surface area contributed by atoms with E-state index in [1.54, 1.807) is 0 Å². The number of rotatable bonds is 6. The monoisotopic (exact) mass is 212 g/mol. The van der Waals surface area contributed by atoms with Crippen LogP contribution in [0.2, 0.25) is 0 Å². The molecule has 0 amide bonds. The van der Waals surface area contributed by atoms with Gasteiger partial charge in [0.15, 0.2) is 0 Å². The van der Waals surface area contributed by atoms with Crippen LogP contribution in [0.15, 0.2) is 0 Å². The molecule has 0 saturated heterocycles. The van der Waals surface area contributed by atoms with Gasteiger partial charge in [0.1, 0.15) is 0 Å². The van der Waals surface area contributed by atoms with Crippen LogP contribution in [-0.2, 0) is 0 Å². The fraction of sp³-hybridized carbons (Fsp3) is 1.00. The average molecular weight is 212 g/mol. The van der Waals surface area contributed by atoms with Gasteiger partial charge in [-0.05, 0) is 32.2 Å². The molecule has 0 aromatic carbocycles. The molecular formula is C13H28N2. The lowest BCUT2D eigenvalue weighted by Gasteiger charge is -2.17. The zero-order chi connectivity index (χ0) is 10.9. The van der Waals surface area contributed by atoms with Crippen LogP contribution in [0, 0.1) is 0 Å². The molecule has 2 nitrogen and oxygen atoms in total. The van der Waals surface area contributed by atoms with Crippen molar-refractivity contribution in [1.29, 1.82) is 0 Å². The van der Waals surface area contributed by atoms with Gasteiger partial charge in [0.25, 0.3) is 0 Å². The molecule has 1 unspecified atom stereocenters. The SMILES string of the molecule is CCCC(N)CCNC1CCCCCC1. The molecule has 0 bridgehead atoms. The predicted octanol–water partition coefficient (Wildman–Crippen LogP) is 2.82. The van der Waals surface area contributed by atoms with Crippen LogP contribution in [0.4, 0.5) is 0 Å². The van der Waals surface area contributed by atoms with Crippen LogP contribution in [0.1, 0.15) is 64.7 Å². The van der Waals surface area contributed by atoms with Gasteiger partial charge in [-0.25, -0.2) is 0 Å². The number of hydrogen-bond donors (Lipinski definition) is 2. The first-order valence-electron chi connectivity index (χ1n) is 6.82. The maximum absolute atomic E-state index is 5.99. The molecule has 2 heteroatoms. The standard InChI is InChI=1S/C13H28N2/c1-2-7-12(14)10-11-15-13-8-5-3-4-6-9-13/h12-13,15H,2-11,14H2,1H3. The molecule has 1 aliphatic rings. The second-order valence-electron chi connectivity index (χ2n) is 4.98. The Kier molecular flexibility index (Phi) is 7.03. The molecule has 1 rings (SSSR count). The summed E-state index contributed by atoms with van der Waals surface area (Å²) in [5.74, 6) is 0. The molecule has 90 valence electrons. The highest BCUT2D eigenvalue weighted by Gasteiger charge is 2.11. The summed E-state index contributed by atoms with van der Waals surface area (Å²) in [6.45, 7) is 3.32. The van der Waals surface area contributed by atoms with E-state index < -0.39 is 0 Å². The van der Waals surface area contributed by atoms with Crippen LogP contribution in [0.3, 0.4) is 0 Å². The number of nitrogens with two attached hydrogens (primary N) is 1. The first kappa shape index (κ1) is 13.0. The minimum atomic E-state index is 0.410. The first-order chi connectivity index (χ1) is 7.33. The Balaban J connectivity index is 2.02. The summed E-state index contributed by atoms with van der Waals surface area (Å²) in [5, 5.41) is 3.67. The van der Waals surface area contributed by atoms with Crippen molar-refractivity contribution in [3.63, 3.8) is 0 Å². The zero-order valence-corrected chi connectivity index (χ0v) is 10.3. The van der Waals surface area contributed by atoms with Crippen LogP contribution < -0.4 is 11.1 Å². The van der Waals surface area contributed by atoms with E-state index in [0.29, 0.717) is 6.04 Å². The second-order valence-corrected chi connectivity index (χ2v) is 4.98. The zero-order valence-electron chi connectivity index (χ0n) is 10.3. The Hall–Kier alpha value is -0.0800. The lowest BCUT2D eigenvalue weighted by molar-refractivity contribution is 0.434. The molecule has 1 fully saturated rings. The second kappa shape index (κ2) is 8.12. The Labute approximate surface area is 95.0 Å². The highest BCUT2D eigenvalue weighted by atomic mass is 14.9. The molecule has 0 radical (unpaired) electrons. The third kappa shape index (κ3) is 6.16. The van der Waals surface area contributed by atoms with Crippen molar-refractivity contribution in [3.05, 3.63) is 0 Å². The summed E-state index contributed by atoms with van der Waals surface area (Å²) >= 11 is 0. The van der Waals surface area contributed by atoms with Crippen LogP contribution in [-0.4, -0.2) is 18.6 Å². The summed E-state index contributed by atoms with van der Waals surface area (Å²) in [4.78, 5) is 0. The quantitative estimate of drug-likeness (QED) is 0.664. The van der Waals surface area contributed by atoms with Gasteiger partial charge in [-0.2, -0.15) is 0 Å². The van der Waals surface area contributed by atoms with Gasteiger partial charge in [-0.1, -0.05) is 39.0 Å². The van der Waals surface area contributed by atoms with Crippen LogP contribution in [0.25, 0.3) is 0 Å². The third-order valence-corrected chi connectivity index (χ3v) is 3.46. The van der Waals surface area contributed by atoms with Crippen molar-refractivity contribution in [1.82, 2.24) is 5.32 Å². The molecular weight excluding hydrogens is 184 g/mol. The van der Waals surface area contributed by atoms with E-state index in [4.69, 9.17) is 5.73 Å². The summed E-state index contributed by atoms with van der Waals surface area (Å²) in [6.07, 6.45) is 12.0. The van der Waals surface area contributed by atoms with E-state index in [1.807, 2.05) is 0 Å². The van der Waals surface area contributed by atoms with Crippen LogP contribution >= 0.6 is 0 Å². The third-order valence-electron chi connectivity index (χ3n) is 3.46. The topological polar surface area (TPSA) is 38.0 Å². The first-order valence-corrected chi connectivity index (χ1v) is 6.82. The highest BCUT2D eigenvalue weighted by molar-refractivity contribution is 4.72. The Morgan fingerprint density at radius 1 is 1.13 bits per heavy atom. The molecule has 15 heavy (non-hydrogen) atoms. The van der Waals surface area contributed by atoms with Gasteiger partial charge in [0.05, 0.1) is 0 Å². The Bertz CT molecular complexity index is 139. The average Bonchev–Trinajstić information content (AvgIpc) is 2.47. The summed E-state index contributed by atoms with van der Waals surface area (Å²) in [7, 11) is 0. The van der Waals surface area contributed by atoms with Gasteiger partial charge in [-0.3, -0.25) is 0 Å². The van der Waals surface area contributed by atoms with Gasteiger partial charge in [0.2, 0.25) is 0 Å².